The molecule has 88 valence electrons. The number of methoxy groups -OCH3 is 1. The summed E-state index contributed by atoms with van der Waals surface area (Å²) >= 11 is 5.86. The van der Waals surface area contributed by atoms with Crippen LogP contribution < -0.4 is 5.32 Å². The lowest BCUT2D eigenvalue weighted by Crippen LogP contribution is -2.31. The number of alkyl halides is 1. The summed E-state index contributed by atoms with van der Waals surface area (Å²) in [5.41, 5.74) is 0.485. The highest BCUT2D eigenvalue weighted by atomic mass is 35.5. The molecule has 0 fully saturated rings. The topological polar surface area (TPSA) is 58.6 Å². The number of benzene rings is 1. The van der Waals surface area contributed by atoms with Crippen LogP contribution in [-0.4, -0.2) is 36.7 Å². The molecule has 16 heavy (non-hydrogen) atoms. The standard InChI is InChI=1S/C11H14ClNO3/c1-16-7-9(12)6-13-11(15)8-2-4-10(14)5-3-8/h2-5,9,14H,6-7H2,1H3,(H,13,15). The molecule has 1 unspecified atom stereocenters. The Hall–Kier alpha value is -1.26. The van der Waals surface area contributed by atoms with Gasteiger partial charge in [-0.1, -0.05) is 0 Å². The Kier molecular flexibility index (Phi) is 5.08. The molecule has 0 heterocycles. The molecule has 0 bridgehead atoms. The third-order valence-electron chi connectivity index (χ3n) is 1.96. The van der Waals surface area contributed by atoms with Crippen LogP contribution >= 0.6 is 11.6 Å². The summed E-state index contributed by atoms with van der Waals surface area (Å²) in [6.45, 7) is 0.729. The minimum Gasteiger partial charge on any atom is -0.508 e. The van der Waals surface area contributed by atoms with E-state index >= 15 is 0 Å². The quantitative estimate of drug-likeness (QED) is 0.768. The summed E-state index contributed by atoms with van der Waals surface area (Å²) in [6, 6.07) is 6.01. The highest BCUT2D eigenvalue weighted by Crippen LogP contribution is 2.09. The average molecular weight is 244 g/mol. The van der Waals surface area contributed by atoms with Gasteiger partial charge in [-0.25, -0.2) is 0 Å². The summed E-state index contributed by atoms with van der Waals surface area (Å²) in [5, 5.41) is 11.5. The summed E-state index contributed by atoms with van der Waals surface area (Å²) in [5.74, 6) is -0.0899. The number of ether oxygens (including phenoxy) is 1. The first-order valence-electron chi connectivity index (χ1n) is 4.83. The van der Waals surface area contributed by atoms with Gasteiger partial charge in [0, 0.05) is 19.2 Å². The van der Waals surface area contributed by atoms with Crippen molar-refractivity contribution in [1.82, 2.24) is 5.32 Å². The predicted molar refractivity (Wildman–Crippen MR) is 62.0 cm³/mol. The lowest BCUT2D eigenvalue weighted by Gasteiger charge is -2.09. The molecule has 0 spiro atoms. The van der Waals surface area contributed by atoms with Gasteiger partial charge in [-0.2, -0.15) is 0 Å². The van der Waals surface area contributed by atoms with Crippen molar-refractivity contribution < 1.29 is 14.6 Å². The fourth-order valence-electron chi connectivity index (χ4n) is 1.16. The molecule has 5 heteroatoms. The van der Waals surface area contributed by atoms with E-state index in [1.165, 1.54) is 12.1 Å². The highest BCUT2D eigenvalue weighted by Gasteiger charge is 2.08. The van der Waals surface area contributed by atoms with Crippen LogP contribution in [0, 0.1) is 0 Å². The second kappa shape index (κ2) is 6.35. The van der Waals surface area contributed by atoms with Crippen molar-refractivity contribution in [3.8, 4) is 5.75 Å². The minimum absolute atomic E-state index is 0.131. The summed E-state index contributed by atoms with van der Waals surface area (Å²) in [4.78, 5) is 11.6. The minimum atomic E-state index is -0.244. The zero-order valence-corrected chi connectivity index (χ0v) is 9.70. The number of carbonyl (C=O) groups is 1. The van der Waals surface area contributed by atoms with Crippen molar-refractivity contribution in [2.75, 3.05) is 20.3 Å². The average Bonchev–Trinajstić information content (AvgIpc) is 2.27. The zero-order valence-electron chi connectivity index (χ0n) is 8.94. The van der Waals surface area contributed by atoms with Gasteiger partial charge in [-0.3, -0.25) is 4.79 Å². The van der Waals surface area contributed by atoms with Gasteiger partial charge in [0.25, 0.3) is 5.91 Å². The normalized spacial score (nSPS) is 12.1. The zero-order chi connectivity index (χ0) is 12.0. The Morgan fingerprint density at radius 3 is 2.69 bits per heavy atom. The number of hydrogen-bond donors (Lipinski definition) is 2. The molecule has 1 aromatic carbocycles. The van der Waals surface area contributed by atoms with Gasteiger partial charge in [0.15, 0.2) is 0 Å². The molecule has 1 rings (SSSR count). The number of hydrogen-bond acceptors (Lipinski definition) is 3. The number of nitrogens with one attached hydrogen (secondary N) is 1. The Morgan fingerprint density at radius 2 is 2.12 bits per heavy atom. The predicted octanol–water partition coefficient (Wildman–Crippen LogP) is 1.38. The van der Waals surface area contributed by atoms with Gasteiger partial charge in [0.1, 0.15) is 5.75 Å². The monoisotopic (exact) mass is 243 g/mol. The van der Waals surface area contributed by atoms with Crippen molar-refractivity contribution in [3.63, 3.8) is 0 Å². The van der Waals surface area contributed by atoms with Crippen LogP contribution in [0.3, 0.4) is 0 Å². The van der Waals surface area contributed by atoms with E-state index in [0.29, 0.717) is 18.7 Å². The molecule has 1 atom stereocenters. The van der Waals surface area contributed by atoms with Crippen LogP contribution in [0.25, 0.3) is 0 Å². The molecule has 4 nitrogen and oxygen atoms in total. The Bertz CT molecular complexity index is 340. The van der Waals surface area contributed by atoms with Crippen LogP contribution in [-0.2, 0) is 4.74 Å². The SMILES string of the molecule is COCC(Cl)CNC(=O)c1ccc(O)cc1. The number of phenolic OH excluding ortho intramolecular Hbond substituents is 1. The number of rotatable bonds is 5. The lowest BCUT2D eigenvalue weighted by molar-refractivity contribution is 0.0949. The van der Waals surface area contributed by atoms with Crippen molar-refractivity contribution in [1.29, 1.82) is 0 Å². The largest absolute Gasteiger partial charge is 0.508 e. The second-order valence-electron chi connectivity index (χ2n) is 3.31. The van der Waals surface area contributed by atoms with E-state index < -0.39 is 0 Å². The Labute approximate surface area is 99.2 Å². The van der Waals surface area contributed by atoms with Gasteiger partial charge in [-0.05, 0) is 24.3 Å². The van der Waals surface area contributed by atoms with E-state index in [1.54, 1.807) is 19.2 Å². The third kappa shape index (κ3) is 4.08. The fourth-order valence-corrected chi connectivity index (χ4v) is 1.36. The Balaban J connectivity index is 2.43. The molecule has 0 aliphatic rings. The number of phenols is 1. The van der Waals surface area contributed by atoms with Crippen molar-refractivity contribution in [2.45, 2.75) is 5.38 Å². The summed E-state index contributed by atoms with van der Waals surface area (Å²) in [7, 11) is 1.55. The maximum absolute atomic E-state index is 11.6. The molecule has 2 N–H and O–H groups in total. The molecule has 0 saturated heterocycles. The molecule has 1 amide bonds. The summed E-state index contributed by atoms with van der Waals surface area (Å²) < 4.78 is 4.84. The molecule has 0 aliphatic heterocycles. The van der Waals surface area contributed by atoms with Gasteiger partial charge >= 0.3 is 0 Å². The lowest BCUT2D eigenvalue weighted by atomic mass is 10.2. The molecule has 0 saturated carbocycles. The Morgan fingerprint density at radius 1 is 1.50 bits per heavy atom. The van der Waals surface area contributed by atoms with Crippen LogP contribution in [0.15, 0.2) is 24.3 Å². The van der Waals surface area contributed by atoms with Gasteiger partial charge in [0.2, 0.25) is 0 Å². The van der Waals surface area contributed by atoms with Crippen LogP contribution in [0.2, 0.25) is 0 Å². The van der Waals surface area contributed by atoms with Crippen molar-refractivity contribution in [2.24, 2.45) is 0 Å². The highest BCUT2D eigenvalue weighted by molar-refractivity contribution is 6.21. The van der Waals surface area contributed by atoms with E-state index in [0.717, 1.165) is 0 Å². The number of carbonyl (C=O) groups excluding carboxylic acids is 1. The third-order valence-corrected chi connectivity index (χ3v) is 2.24. The van der Waals surface area contributed by atoms with Crippen molar-refractivity contribution >= 4 is 17.5 Å². The first-order valence-corrected chi connectivity index (χ1v) is 5.27. The fraction of sp³-hybridized carbons (Fsp3) is 0.364. The van der Waals surface area contributed by atoms with E-state index in [9.17, 15) is 4.79 Å². The molecule has 0 aliphatic carbocycles. The van der Waals surface area contributed by atoms with Gasteiger partial charge in [0.05, 0.1) is 12.0 Å². The van der Waals surface area contributed by atoms with E-state index in [1.807, 2.05) is 0 Å². The smallest absolute Gasteiger partial charge is 0.251 e. The van der Waals surface area contributed by atoms with Gasteiger partial charge in [-0.15, -0.1) is 11.6 Å². The molecule has 1 aromatic rings. The molecule has 0 radical (unpaired) electrons. The summed E-state index contributed by atoms with van der Waals surface area (Å²) in [6.07, 6.45) is 0. The van der Waals surface area contributed by atoms with Gasteiger partial charge < -0.3 is 15.2 Å². The van der Waals surface area contributed by atoms with Crippen LogP contribution in [0.5, 0.6) is 5.75 Å². The first-order chi connectivity index (χ1) is 7.63. The van der Waals surface area contributed by atoms with Crippen LogP contribution in [0.4, 0.5) is 0 Å². The number of amides is 1. The maximum Gasteiger partial charge on any atom is 0.251 e. The maximum atomic E-state index is 11.6. The van der Waals surface area contributed by atoms with Crippen molar-refractivity contribution in [3.05, 3.63) is 29.8 Å². The molecular weight excluding hydrogens is 230 g/mol. The van der Waals surface area contributed by atoms with E-state index in [2.05, 4.69) is 5.32 Å². The number of aromatic hydroxyl groups is 1. The second-order valence-corrected chi connectivity index (χ2v) is 3.93. The van der Waals surface area contributed by atoms with E-state index in [4.69, 9.17) is 21.4 Å². The number of halogens is 1. The molecule has 0 aromatic heterocycles. The molecular formula is C11H14ClNO3. The van der Waals surface area contributed by atoms with Crippen LogP contribution in [0.1, 0.15) is 10.4 Å². The first kappa shape index (κ1) is 12.8. The van der Waals surface area contributed by atoms with E-state index in [-0.39, 0.29) is 17.0 Å².